The first kappa shape index (κ1) is 20.6. The summed E-state index contributed by atoms with van der Waals surface area (Å²) >= 11 is 0. The molecule has 2 nitrogen and oxygen atoms in total. The normalized spacial score (nSPS) is 15.2. The Balaban J connectivity index is 1.18. The molecule has 0 atom stereocenters. The number of likely N-dealkylation sites (tertiary alicyclic amines) is 1. The molecule has 2 heteroatoms. The maximum absolute atomic E-state index is 12.6. The van der Waals surface area contributed by atoms with Gasteiger partial charge >= 0.3 is 0 Å². The second-order valence-corrected chi connectivity index (χ2v) is 8.44. The van der Waals surface area contributed by atoms with Crippen LogP contribution in [0.4, 0.5) is 0 Å². The molecule has 1 aliphatic heterocycles. The van der Waals surface area contributed by atoms with E-state index >= 15 is 0 Å². The van der Waals surface area contributed by atoms with Gasteiger partial charge in [0.1, 0.15) is 0 Å². The lowest BCUT2D eigenvalue weighted by atomic mass is 9.90. The van der Waals surface area contributed by atoms with Gasteiger partial charge in [0.25, 0.3) is 0 Å². The molecular weight excluding hydrogens is 366 g/mol. The van der Waals surface area contributed by atoms with Crippen molar-refractivity contribution in [1.82, 2.24) is 4.90 Å². The molecule has 1 aliphatic rings. The van der Waals surface area contributed by atoms with Crippen LogP contribution in [0.25, 0.3) is 11.1 Å². The van der Waals surface area contributed by atoms with Crippen LogP contribution in [-0.4, -0.2) is 30.3 Å². The second kappa shape index (κ2) is 10.4. The first-order chi connectivity index (χ1) is 14.8. The topological polar surface area (TPSA) is 20.3 Å². The fraction of sp³-hybridized carbons (Fsp3) is 0.321. The van der Waals surface area contributed by atoms with Crippen molar-refractivity contribution in [2.75, 3.05) is 19.6 Å². The molecule has 0 spiro atoms. The van der Waals surface area contributed by atoms with E-state index in [1.807, 2.05) is 30.3 Å². The molecule has 0 bridgehead atoms. The Hall–Kier alpha value is -2.71. The summed E-state index contributed by atoms with van der Waals surface area (Å²) in [7, 11) is 0. The van der Waals surface area contributed by atoms with Crippen LogP contribution in [0.2, 0.25) is 0 Å². The van der Waals surface area contributed by atoms with Crippen LogP contribution in [0.15, 0.2) is 84.9 Å². The highest BCUT2D eigenvalue weighted by atomic mass is 16.1. The molecule has 154 valence electrons. The molecule has 0 aromatic heterocycles. The van der Waals surface area contributed by atoms with Gasteiger partial charge < -0.3 is 4.90 Å². The van der Waals surface area contributed by atoms with E-state index in [2.05, 4.69) is 59.5 Å². The van der Waals surface area contributed by atoms with Crippen molar-refractivity contribution in [2.45, 2.75) is 32.1 Å². The van der Waals surface area contributed by atoms with Gasteiger partial charge in [-0.15, -0.1) is 0 Å². The number of ketones is 1. The SMILES string of the molecule is O=C(CCCN1CCC(Cc2ccccc2)CC1)c1ccc(-c2ccccc2)cc1. The molecule has 4 rings (SSSR count). The van der Waals surface area contributed by atoms with Crippen molar-refractivity contribution in [2.24, 2.45) is 5.92 Å². The van der Waals surface area contributed by atoms with E-state index in [9.17, 15) is 4.79 Å². The number of piperidine rings is 1. The Morgan fingerprint density at radius 1 is 0.767 bits per heavy atom. The number of hydrogen-bond donors (Lipinski definition) is 0. The summed E-state index contributed by atoms with van der Waals surface area (Å²) in [4.78, 5) is 15.1. The lowest BCUT2D eigenvalue weighted by molar-refractivity contribution is 0.0970. The Kier molecular flexibility index (Phi) is 7.10. The van der Waals surface area contributed by atoms with Crippen LogP contribution in [-0.2, 0) is 6.42 Å². The first-order valence-corrected chi connectivity index (χ1v) is 11.2. The highest BCUT2D eigenvalue weighted by molar-refractivity contribution is 5.96. The molecule has 1 fully saturated rings. The molecule has 1 heterocycles. The summed E-state index contributed by atoms with van der Waals surface area (Å²) in [5.41, 5.74) is 4.63. The van der Waals surface area contributed by atoms with Crippen molar-refractivity contribution < 1.29 is 4.79 Å². The van der Waals surface area contributed by atoms with Crippen LogP contribution in [0.1, 0.15) is 41.6 Å². The van der Waals surface area contributed by atoms with E-state index in [0.717, 1.165) is 43.1 Å². The highest BCUT2D eigenvalue weighted by Gasteiger charge is 2.19. The number of carbonyl (C=O) groups is 1. The minimum Gasteiger partial charge on any atom is -0.303 e. The summed E-state index contributed by atoms with van der Waals surface area (Å²) in [6.45, 7) is 3.36. The maximum Gasteiger partial charge on any atom is 0.162 e. The Labute approximate surface area is 180 Å². The lowest BCUT2D eigenvalue weighted by Crippen LogP contribution is -2.35. The standard InChI is InChI=1S/C28H31NO/c30-28(27-15-13-26(14-16-27)25-10-5-2-6-11-25)12-7-19-29-20-17-24(18-21-29)22-23-8-3-1-4-9-23/h1-6,8-11,13-16,24H,7,12,17-22H2. The van der Waals surface area contributed by atoms with Crippen LogP contribution >= 0.6 is 0 Å². The van der Waals surface area contributed by atoms with Gasteiger partial charge in [-0.2, -0.15) is 0 Å². The first-order valence-electron chi connectivity index (χ1n) is 11.2. The lowest BCUT2D eigenvalue weighted by Gasteiger charge is -2.32. The predicted octanol–water partition coefficient (Wildman–Crippen LogP) is 6.27. The van der Waals surface area contributed by atoms with Gasteiger partial charge in [0.05, 0.1) is 0 Å². The molecule has 0 saturated carbocycles. The van der Waals surface area contributed by atoms with E-state index in [-0.39, 0.29) is 5.78 Å². The van der Waals surface area contributed by atoms with Gasteiger partial charge in [-0.1, -0.05) is 84.9 Å². The summed E-state index contributed by atoms with van der Waals surface area (Å²) in [6.07, 6.45) is 5.32. The van der Waals surface area contributed by atoms with Gasteiger partial charge in [-0.25, -0.2) is 0 Å². The van der Waals surface area contributed by atoms with E-state index in [1.54, 1.807) is 0 Å². The van der Waals surface area contributed by atoms with Gasteiger partial charge in [-0.3, -0.25) is 4.79 Å². The van der Waals surface area contributed by atoms with Gasteiger partial charge in [-0.05, 0) is 67.9 Å². The van der Waals surface area contributed by atoms with E-state index in [4.69, 9.17) is 0 Å². The second-order valence-electron chi connectivity index (χ2n) is 8.44. The fourth-order valence-corrected chi connectivity index (χ4v) is 4.45. The predicted molar refractivity (Wildman–Crippen MR) is 125 cm³/mol. The molecule has 30 heavy (non-hydrogen) atoms. The number of rotatable bonds is 8. The number of benzene rings is 3. The molecular formula is C28H31NO. The molecule has 3 aromatic rings. The van der Waals surface area contributed by atoms with Crippen molar-refractivity contribution in [3.05, 3.63) is 96.1 Å². The van der Waals surface area contributed by atoms with Crippen LogP contribution in [0, 0.1) is 5.92 Å². The third kappa shape index (κ3) is 5.67. The van der Waals surface area contributed by atoms with Gasteiger partial charge in [0, 0.05) is 12.0 Å². The molecule has 1 saturated heterocycles. The summed E-state index contributed by atoms with van der Waals surface area (Å²) < 4.78 is 0. The molecule has 0 aliphatic carbocycles. The minimum absolute atomic E-state index is 0.258. The van der Waals surface area contributed by atoms with Gasteiger partial charge in [0.15, 0.2) is 5.78 Å². The average molecular weight is 398 g/mol. The van der Waals surface area contributed by atoms with Crippen LogP contribution in [0.5, 0.6) is 0 Å². The van der Waals surface area contributed by atoms with E-state index in [1.165, 1.54) is 30.4 Å². The number of hydrogen-bond acceptors (Lipinski definition) is 2. The molecule has 0 unspecified atom stereocenters. The van der Waals surface area contributed by atoms with Gasteiger partial charge in [0.2, 0.25) is 0 Å². The highest BCUT2D eigenvalue weighted by Crippen LogP contribution is 2.23. The molecule has 0 N–H and O–H groups in total. The van der Waals surface area contributed by atoms with Crippen molar-refractivity contribution in [3.8, 4) is 11.1 Å². The van der Waals surface area contributed by atoms with E-state index < -0.39 is 0 Å². The largest absolute Gasteiger partial charge is 0.303 e. The smallest absolute Gasteiger partial charge is 0.162 e. The summed E-state index contributed by atoms with van der Waals surface area (Å²) in [5.74, 6) is 1.06. The van der Waals surface area contributed by atoms with E-state index in [0.29, 0.717) is 6.42 Å². The zero-order chi connectivity index (χ0) is 20.6. The fourth-order valence-electron chi connectivity index (χ4n) is 4.45. The number of nitrogens with zero attached hydrogens (tertiary/aromatic N) is 1. The number of Topliss-reactive ketones (excluding diaryl/α,β-unsaturated/α-hetero) is 1. The third-order valence-corrected chi connectivity index (χ3v) is 6.27. The van der Waals surface area contributed by atoms with Crippen LogP contribution in [0.3, 0.4) is 0 Å². The molecule has 0 amide bonds. The summed E-state index contributed by atoms with van der Waals surface area (Å²) in [5, 5.41) is 0. The average Bonchev–Trinajstić information content (AvgIpc) is 2.81. The number of carbonyl (C=O) groups excluding carboxylic acids is 1. The maximum atomic E-state index is 12.6. The minimum atomic E-state index is 0.258. The summed E-state index contributed by atoms with van der Waals surface area (Å²) in [6, 6.07) is 29.2. The van der Waals surface area contributed by atoms with Crippen molar-refractivity contribution in [3.63, 3.8) is 0 Å². The Bertz CT molecular complexity index is 910. The van der Waals surface area contributed by atoms with Crippen LogP contribution < -0.4 is 0 Å². The zero-order valence-electron chi connectivity index (χ0n) is 17.7. The molecule has 3 aromatic carbocycles. The zero-order valence-corrected chi connectivity index (χ0v) is 17.7. The van der Waals surface area contributed by atoms with Crippen molar-refractivity contribution in [1.29, 1.82) is 0 Å². The monoisotopic (exact) mass is 397 g/mol. The third-order valence-electron chi connectivity index (χ3n) is 6.27. The molecule has 0 radical (unpaired) electrons. The quantitative estimate of drug-likeness (QED) is 0.417. The Morgan fingerprint density at radius 3 is 2.03 bits per heavy atom. The van der Waals surface area contributed by atoms with Crippen molar-refractivity contribution >= 4 is 5.78 Å². The Morgan fingerprint density at radius 2 is 1.37 bits per heavy atom.